The van der Waals surface area contributed by atoms with Gasteiger partial charge in [0.1, 0.15) is 0 Å². The van der Waals surface area contributed by atoms with Crippen molar-refractivity contribution in [2.75, 3.05) is 0 Å². The first kappa shape index (κ1) is 21.5. The predicted octanol–water partition coefficient (Wildman–Crippen LogP) is 7.34. The molecule has 0 aliphatic heterocycles. The lowest BCUT2D eigenvalue weighted by Gasteiger charge is -2.16. The van der Waals surface area contributed by atoms with Crippen LogP contribution in [0, 0.1) is 5.95 Å². The summed E-state index contributed by atoms with van der Waals surface area (Å²) < 4.78 is 16.3. The van der Waals surface area contributed by atoms with Gasteiger partial charge in [-0.2, -0.15) is 4.39 Å². The van der Waals surface area contributed by atoms with E-state index in [0.717, 1.165) is 54.3 Å². The fourth-order valence-corrected chi connectivity index (χ4v) is 4.60. The fourth-order valence-electron chi connectivity index (χ4n) is 4.28. The molecule has 1 atom stereocenters. The van der Waals surface area contributed by atoms with Crippen molar-refractivity contribution in [3.8, 4) is 0 Å². The SMILES string of the molecule is C=C/C=C(\C=C/C)C1=C(/C=C(/C)CCC)CCCc2c1ccc1c2c(F)nn1P. The summed E-state index contributed by atoms with van der Waals surface area (Å²) in [7, 11) is 2.48. The summed E-state index contributed by atoms with van der Waals surface area (Å²) in [4.78, 5) is 0. The van der Waals surface area contributed by atoms with E-state index in [-0.39, 0.29) is 0 Å². The molecule has 3 rings (SSSR count). The first-order valence-electron chi connectivity index (χ1n) is 10.3. The number of halogens is 1. The van der Waals surface area contributed by atoms with Crippen LogP contribution >= 0.6 is 9.39 Å². The third-order valence-corrected chi connectivity index (χ3v) is 5.79. The van der Waals surface area contributed by atoms with Crippen LogP contribution in [-0.4, -0.2) is 9.55 Å². The molecule has 0 saturated heterocycles. The van der Waals surface area contributed by atoms with Crippen molar-refractivity contribution in [3.63, 3.8) is 0 Å². The van der Waals surface area contributed by atoms with Gasteiger partial charge in [0.2, 0.25) is 5.95 Å². The Balaban J connectivity index is 2.37. The van der Waals surface area contributed by atoms with Gasteiger partial charge in [0.05, 0.1) is 10.9 Å². The lowest BCUT2D eigenvalue weighted by Crippen LogP contribution is -1.97. The van der Waals surface area contributed by atoms with E-state index in [4.69, 9.17) is 0 Å². The standard InChI is InChI=1S/C25H30FN2P/c1-5-9-17(4)16-19-12-8-13-20-21(23(19)18(10-6-2)11-7-3)14-15-22-24(20)25(26)27-28(22)29/h6-7,10-11,14-16H,2,5,8-9,12-13,29H2,1,3-4H3/b11-7-,17-16-,18-10+. The largest absolute Gasteiger partial charge is 0.248 e. The summed E-state index contributed by atoms with van der Waals surface area (Å²) in [6, 6.07) is 4.10. The highest BCUT2D eigenvalue weighted by Gasteiger charge is 2.23. The number of fused-ring (bicyclic) bond motifs is 3. The Morgan fingerprint density at radius 1 is 1.34 bits per heavy atom. The topological polar surface area (TPSA) is 17.8 Å². The van der Waals surface area contributed by atoms with Crippen LogP contribution in [0.2, 0.25) is 0 Å². The molecule has 1 heterocycles. The van der Waals surface area contributed by atoms with E-state index in [0.29, 0.717) is 5.39 Å². The van der Waals surface area contributed by atoms with Crippen molar-refractivity contribution in [3.05, 3.63) is 82.9 Å². The second-order valence-corrected chi connectivity index (χ2v) is 8.06. The average molecular weight is 409 g/mol. The first-order chi connectivity index (χ1) is 14.0. The number of aromatic nitrogens is 2. The third-order valence-electron chi connectivity index (χ3n) is 5.40. The van der Waals surface area contributed by atoms with E-state index in [1.54, 1.807) is 4.45 Å². The van der Waals surface area contributed by atoms with Crippen molar-refractivity contribution in [1.29, 1.82) is 0 Å². The van der Waals surface area contributed by atoms with Crippen LogP contribution in [0.15, 0.2) is 65.8 Å². The number of rotatable bonds is 6. The number of benzene rings is 1. The molecule has 0 N–H and O–H groups in total. The zero-order valence-electron chi connectivity index (χ0n) is 17.6. The average Bonchev–Trinajstić information content (AvgIpc) is 2.85. The Labute approximate surface area is 175 Å². The molecule has 1 aromatic heterocycles. The summed E-state index contributed by atoms with van der Waals surface area (Å²) in [6.45, 7) is 10.3. The Kier molecular flexibility index (Phi) is 7.03. The molecule has 2 nitrogen and oxygen atoms in total. The minimum absolute atomic E-state index is 0.396. The summed E-state index contributed by atoms with van der Waals surface area (Å²) in [5.74, 6) is -0.396. The highest BCUT2D eigenvalue weighted by Crippen LogP contribution is 2.40. The van der Waals surface area contributed by atoms with E-state index < -0.39 is 5.95 Å². The molecule has 0 spiro atoms. The molecule has 0 amide bonds. The summed E-state index contributed by atoms with van der Waals surface area (Å²) in [5, 5.41) is 4.65. The number of hydrogen-bond acceptors (Lipinski definition) is 1. The Hall–Kier alpha value is -2.25. The van der Waals surface area contributed by atoms with Crippen LogP contribution in [0.3, 0.4) is 0 Å². The van der Waals surface area contributed by atoms with Crippen LogP contribution in [0.5, 0.6) is 0 Å². The van der Waals surface area contributed by atoms with Crippen LogP contribution in [0.4, 0.5) is 4.39 Å². The summed E-state index contributed by atoms with van der Waals surface area (Å²) >= 11 is 0. The van der Waals surface area contributed by atoms with Crippen molar-refractivity contribution < 1.29 is 4.39 Å². The molecule has 0 radical (unpaired) electrons. The van der Waals surface area contributed by atoms with Gasteiger partial charge < -0.3 is 0 Å². The van der Waals surface area contributed by atoms with Crippen LogP contribution < -0.4 is 0 Å². The first-order valence-corrected chi connectivity index (χ1v) is 10.8. The normalized spacial score (nSPS) is 15.9. The Bertz CT molecular complexity index is 1050. The lowest BCUT2D eigenvalue weighted by atomic mass is 9.88. The second-order valence-electron chi connectivity index (χ2n) is 7.57. The van der Waals surface area contributed by atoms with Gasteiger partial charge >= 0.3 is 0 Å². The van der Waals surface area contributed by atoms with Crippen molar-refractivity contribution in [2.24, 2.45) is 0 Å². The molecule has 1 aliphatic rings. The summed E-state index contributed by atoms with van der Waals surface area (Å²) in [6.07, 6.45) is 15.4. The number of allylic oxidation sites excluding steroid dienone is 9. The molecule has 1 unspecified atom stereocenters. The fraction of sp³-hybridized carbons (Fsp3) is 0.320. The monoisotopic (exact) mass is 408 g/mol. The van der Waals surface area contributed by atoms with E-state index in [1.807, 2.05) is 31.2 Å². The highest BCUT2D eigenvalue weighted by molar-refractivity contribution is 7.14. The van der Waals surface area contributed by atoms with E-state index in [1.165, 1.54) is 16.7 Å². The van der Waals surface area contributed by atoms with E-state index in [2.05, 4.69) is 53.1 Å². The molecular formula is C25H30FN2P. The second kappa shape index (κ2) is 9.50. The molecule has 0 fully saturated rings. The molecule has 4 heteroatoms. The maximum absolute atomic E-state index is 14.7. The van der Waals surface area contributed by atoms with Crippen molar-refractivity contribution >= 4 is 25.9 Å². The van der Waals surface area contributed by atoms with Gasteiger partial charge in [-0.3, -0.25) is 0 Å². The number of hydrogen-bond donors (Lipinski definition) is 0. The van der Waals surface area contributed by atoms with Gasteiger partial charge in [-0.15, -0.1) is 5.10 Å². The van der Waals surface area contributed by atoms with Gasteiger partial charge in [-0.25, -0.2) is 4.45 Å². The minimum Gasteiger partial charge on any atom is -0.248 e. The molecule has 0 saturated carbocycles. The molecule has 29 heavy (non-hydrogen) atoms. The van der Waals surface area contributed by atoms with Gasteiger partial charge in [0.25, 0.3) is 0 Å². The maximum Gasteiger partial charge on any atom is 0.241 e. The molecular weight excluding hydrogens is 378 g/mol. The van der Waals surface area contributed by atoms with Gasteiger partial charge in [-0.05, 0) is 82.8 Å². The van der Waals surface area contributed by atoms with Crippen molar-refractivity contribution in [1.82, 2.24) is 9.55 Å². The van der Waals surface area contributed by atoms with Crippen LogP contribution in [0.1, 0.15) is 57.6 Å². The highest BCUT2D eigenvalue weighted by atomic mass is 31.0. The van der Waals surface area contributed by atoms with E-state index >= 15 is 0 Å². The molecule has 1 aliphatic carbocycles. The zero-order chi connectivity index (χ0) is 21.0. The Morgan fingerprint density at radius 2 is 2.14 bits per heavy atom. The zero-order valence-corrected chi connectivity index (χ0v) is 18.8. The van der Waals surface area contributed by atoms with Crippen LogP contribution in [0.25, 0.3) is 16.5 Å². The van der Waals surface area contributed by atoms with Gasteiger partial charge in [0.15, 0.2) is 0 Å². The van der Waals surface area contributed by atoms with E-state index in [9.17, 15) is 4.39 Å². The maximum atomic E-state index is 14.7. The lowest BCUT2D eigenvalue weighted by molar-refractivity contribution is 0.582. The number of nitrogens with zero attached hydrogens (tertiary/aromatic N) is 2. The Morgan fingerprint density at radius 3 is 2.83 bits per heavy atom. The quantitative estimate of drug-likeness (QED) is 0.361. The number of aryl methyl sites for hydroxylation is 1. The van der Waals surface area contributed by atoms with Crippen LogP contribution in [-0.2, 0) is 6.42 Å². The molecule has 2 aromatic rings. The third kappa shape index (κ3) is 4.36. The minimum atomic E-state index is -0.396. The smallest absolute Gasteiger partial charge is 0.241 e. The molecule has 152 valence electrons. The molecule has 1 aromatic carbocycles. The van der Waals surface area contributed by atoms with Gasteiger partial charge in [-0.1, -0.05) is 61.9 Å². The molecule has 0 bridgehead atoms. The van der Waals surface area contributed by atoms with Crippen molar-refractivity contribution in [2.45, 2.75) is 52.9 Å². The van der Waals surface area contributed by atoms with Gasteiger partial charge in [0, 0.05) is 0 Å². The predicted molar refractivity (Wildman–Crippen MR) is 126 cm³/mol. The summed E-state index contributed by atoms with van der Waals surface area (Å²) in [5.41, 5.74) is 7.97.